The van der Waals surface area contributed by atoms with Crippen molar-refractivity contribution >= 4 is 29.9 Å². The Balaban J connectivity index is 0.00000242. The fraction of sp³-hybridized carbons (Fsp3) is 0.500. The number of anilines is 1. The van der Waals surface area contributed by atoms with Gasteiger partial charge < -0.3 is 15.1 Å². The van der Waals surface area contributed by atoms with Crippen LogP contribution in [0.5, 0.6) is 0 Å². The van der Waals surface area contributed by atoms with Crippen LogP contribution in [0, 0.1) is 12.8 Å². The van der Waals surface area contributed by atoms with Crippen LogP contribution in [0.3, 0.4) is 0 Å². The summed E-state index contributed by atoms with van der Waals surface area (Å²) in [4.78, 5) is 27.9. The third-order valence-corrected chi connectivity index (χ3v) is 3.89. The lowest BCUT2D eigenvalue weighted by Crippen LogP contribution is -2.38. The molecule has 22 heavy (non-hydrogen) atoms. The minimum absolute atomic E-state index is 0. The molecule has 0 aliphatic carbocycles. The molecule has 1 aromatic rings. The fourth-order valence-electron chi connectivity index (χ4n) is 2.55. The Labute approximate surface area is 138 Å². The van der Waals surface area contributed by atoms with Gasteiger partial charge in [0.1, 0.15) is 0 Å². The largest absolute Gasteiger partial charge is 0.344 e. The molecule has 1 fully saturated rings. The van der Waals surface area contributed by atoms with Crippen molar-refractivity contribution in [2.75, 3.05) is 38.6 Å². The predicted molar refractivity (Wildman–Crippen MR) is 90.5 cm³/mol. The van der Waals surface area contributed by atoms with Gasteiger partial charge in [0.2, 0.25) is 11.8 Å². The first-order chi connectivity index (χ1) is 10.0. The molecule has 0 bridgehead atoms. The summed E-state index contributed by atoms with van der Waals surface area (Å²) in [5, 5.41) is 3.02. The number of rotatable bonds is 5. The van der Waals surface area contributed by atoms with Gasteiger partial charge in [0.25, 0.3) is 0 Å². The number of nitrogens with zero attached hydrogens (tertiary/aromatic N) is 2. The van der Waals surface area contributed by atoms with Gasteiger partial charge in [0.05, 0.1) is 5.92 Å². The maximum Gasteiger partial charge on any atom is 0.227 e. The van der Waals surface area contributed by atoms with Gasteiger partial charge in [-0.05, 0) is 26.1 Å². The normalized spacial score (nSPS) is 17.3. The average Bonchev–Trinajstić information content (AvgIpc) is 2.86. The number of carbonyl (C=O) groups is 2. The summed E-state index contributed by atoms with van der Waals surface area (Å²) in [5.74, 6) is -0.159. The summed E-state index contributed by atoms with van der Waals surface area (Å²) in [6, 6.07) is 7.84. The van der Waals surface area contributed by atoms with Crippen molar-refractivity contribution < 1.29 is 9.59 Å². The molecule has 1 atom stereocenters. The first-order valence-electron chi connectivity index (χ1n) is 7.29. The molecule has 0 spiro atoms. The highest BCUT2D eigenvalue weighted by Crippen LogP contribution is 2.26. The van der Waals surface area contributed by atoms with Crippen LogP contribution < -0.4 is 10.2 Å². The Morgan fingerprint density at radius 1 is 1.36 bits per heavy atom. The summed E-state index contributed by atoms with van der Waals surface area (Å²) in [7, 11) is 3.65. The van der Waals surface area contributed by atoms with E-state index in [0.29, 0.717) is 19.5 Å². The zero-order valence-electron chi connectivity index (χ0n) is 13.3. The Hall–Kier alpha value is -1.59. The lowest BCUT2D eigenvalue weighted by Gasteiger charge is -2.21. The third kappa shape index (κ3) is 4.21. The SMILES string of the molecule is CNCCN(C)C(=O)C1CC(=O)N(c2ccc(C)cc2)C1.Cl. The molecule has 0 radical (unpaired) electrons. The van der Waals surface area contributed by atoms with Gasteiger partial charge in [-0.15, -0.1) is 12.4 Å². The first kappa shape index (κ1) is 18.5. The van der Waals surface area contributed by atoms with E-state index in [1.807, 2.05) is 38.2 Å². The van der Waals surface area contributed by atoms with Gasteiger partial charge in [-0.25, -0.2) is 0 Å². The minimum atomic E-state index is -0.236. The molecule has 2 rings (SSSR count). The van der Waals surface area contributed by atoms with Crippen LogP contribution in [0.2, 0.25) is 0 Å². The van der Waals surface area contributed by atoms with Crippen molar-refractivity contribution in [1.82, 2.24) is 10.2 Å². The molecule has 1 saturated heterocycles. The Kier molecular flexibility index (Phi) is 6.84. The third-order valence-electron chi connectivity index (χ3n) is 3.89. The van der Waals surface area contributed by atoms with E-state index in [0.717, 1.165) is 17.8 Å². The van der Waals surface area contributed by atoms with Gasteiger partial charge in [0.15, 0.2) is 0 Å². The average molecular weight is 326 g/mol. The number of aryl methyl sites for hydroxylation is 1. The number of likely N-dealkylation sites (N-methyl/N-ethyl adjacent to an activating group) is 2. The highest BCUT2D eigenvalue weighted by Gasteiger charge is 2.36. The molecule has 6 heteroatoms. The van der Waals surface area contributed by atoms with E-state index in [4.69, 9.17) is 0 Å². The van der Waals surface area contributed by atoms with Gasteiger partial charge in [-0.2, -0.15) is 0 Å². The monoisotopic (exact) mass is 325 g/mol. The van der Waals surface area contributed by atoms with Crippen LogP contribution in [0.25, 0.3) is 0 Å². The molecule has 1 aromatic carbocycles. The second-order valence-electron chi connectivity index (χ2n) is 5.60. The molecule has 1 N–H and O–H groups in total. The van der Waals surface area contributed by atoms with Crippen LogP contribution >= 0.6 is 12.4 Å². The number of hydrogen-bond acceptors (Lipinski definition) is 3. The topological polar surface area (TPSA) is 52.7 Å². The van der Waals surface area contributed by atoms with E-state index in [2.05, 4.69) is 5.32 Å². The van der Waals surface area contributed by atoms with E-state index in [1.165, 1.54) is 0 Å². The summed E-state index contributed by atoms with van der Waals surface area (Å²) < 4.78 is 0. The first-order valence-corrected chi connectivity index (χ1v) is 7.29. The summed E-state index contributed by atoms with van der Waals surface area (Å²) in [6.07, 6.45) is 0.302. The molecule has 0 aromatic heterocycles. The Bertz CT molecular complexity index is 519. The maximum atomic E-state index is 12.3. The van der Waals surface area contributed by atoms with Crippen LogP contribution in [0.1, 0.15) is 12.0 Å². The number of nitrogens with one attached hydrogen (secondary N) is 1. The van der Waals surface area contributed by atoms with E-state index in [1.54, 1.807) is 16.8 Å². The number of amides is 2. The van der Waals surface area contributed by atoms with Crippen molar-refractivity contribution in [2.45, 2.75) is 13.3 Å². The van der Waals surface area contributed by atoms with Gasteiger partial charge in [-0.1, -0.05) is 17.7 Å². The van der Waals surface area contributed by atoms with Crippen molar-refractivity contribution in [2.24, 2.45) is 5.92 Å². The van der Waals surface area contributed by atoms with Crippen molar-refractivity contribution in [1.29, 1.82) is 0 Å². The van der Waals surface area contributed by atoms with Crippen LogP contribution in [0.4, 0.5) is 5.69 Å². The molecule has 122 valence electrons. The number of hydrogen-bond donors (Lipinski definition) is 1. The van der Waals surface area contributed by atoms with Crippen molar-refractivity contribution in [3.8, 4) is 0 Å². The summed E-state index contributed by atoms with van der Waals surface area (Å²) in [6.45, 7) is 3.90. The number of benzene rings is 1. The Morgan fingerprint density at radius 3 is 2.59 bits per heavy atom. The van der Waals surface area contributed by atoms with E-state index in [-0.39, 0.29) is 30.1 Å². The van der Waals surface area contributed by atoms with Crippen molar-refractivity contribution in [3.05, 3.63) is 29.8 Å². The highest BCUT2D eigenvalue weighted by atomic mass is 35.5. The maximum absolute atomic E-state index is 12.3. The molecule has 5 nitrogen and oxygen atoms in total. The molecule has 2 amide bonds. The second-order valence-corrected chi connectivity index (χ2v) is 5.60. The zero-order chi connectivity index (χ0) is 15.4. The molecule has 1 aliphatic rings. The van der Waals surface area contributed by atoms with Crippen LogP contribution in [-0.4, -0.2) is 50.4 Å². The lowest BCUT2D eigenvalue weighted by atomic mass is 10.1. The van der Waals surface area contributed by atoms with Crippen LogP contribution in [-0.2, 0) is 9.59 Å². The Morgan fingerprint density at radius 2 is 2.00 bits per heavy atom. The minimum Gasteiger partial charge on any atom is -0.344 e. The highest BCUT2D eigenvalue weighted by molar-refractivity contribution is 6.00. The fourth-order valence-corrected chi connectivity index (χ4v) is 2.55. The van der Waals surface area contributed by atoms with E-state index in [9.17, 15) is 9.59 Å². The smallest absolute Gasteiger partial charge is 0.227 e. The predicted octanol–water partition coefficient (Wildman–Crippen LogP) is 1.45. The van der Waals surface area contributed by atoms with Gasteiger partial charge >= 0.3 is 0 Å². The van der Waals surface area contributed by atoms with E-state index >= 15 is 0 Å². The molecular weight excluding hydrogens is 302 g/mol. The molecule has 1 aliphatic heterocycles. The molecular formula is C16H24ClN3O2. The second kappa shape index (κ2) is 8.15. The summed E-state index contributed by atoms with van der Waals surface area (Å²) in [5.41, 5.74) is 2.03. The van der Waals surface area contributed by atoms with E-state index < -0.39 is 0 Å². The van der Waals surface area contributed by atoms with Gasteiger partial charge in [0, 0.05) is 38.8 Å². The standard InChI is InChI=1S/C16H23N3O2.ClH/c1-12-4-6-14(7-5-12)19-11-13(10-15(19)20)16(21)18(3)9-8-17-2;/h4-7,13,17H,8-11H2,1-3H3;1H. The zero-order valence-corrected chi connectivity index (χ0v) is 14.2. The van der Waals surface area contributed by atoms with Crippen LogP contribution in [0.15, 0.2) is 24.3 Å². The van der Waals surface area contributed by atoms with Crippen molar-refractivity contribution in [3.63, 3.8) is 0 Å². The van der Waals surface area contributed by atoms with Gasteiger partial charge in [-0.3, -0.25) is 9.59 Å². The summed E-state index contributed by atoms with van der Waals surface area (Å²) >= 11 is 0. The number of halogens is 1. The quantitative estimate of drug-likeness (QED) is 0.891. The lowest BCUT2D eigenvalue weighted by molar-refractivity contribution is -0.134. The molecule has 1 unspecified atom stereocenters. The number of carbonyl (C=O) groups excluding carboxylic acids is 2. The molecule has 1 heterocycles. The molecule has 0 saturated carbocycles.